The number of aromatic nitrogens is 2. The molecule has 1 unspecified atom stereocenters. The van der Waals surface area contributed by atoms with Crippen LogP contribution in [0.5, 0.6) is 0 Å². The van der Waals surface area contributed by atoms with E-state index >= 15 is 0 Å². The molecule has 0 saturated heterocycles. The van der Waals surface area contributed by atoms with E-state index in [9.17, 15) is 5.11 Å². The molecule has 3 rings (SSSR count). The molecule has 2 heterocycles. The first-order valence-electron chi connectivity index (χ1n) is 6.76. The van der Waals surface area contributed by atoms with Crippen LogP contribution >= 0.6 is 0 Å². The lowest BCUT2D eigenvalue weighted by molar-refractivity contribution is 0.215. The quantitative estimate of drug-likeness (QED) is 0.789. The maximum Gasteiger partial charge on any atom is 0.122 e. The monoisotopic (exact) mass is 264 g/mol. The second-order valence-corrected chi connectivity index (χ2v) is 4.72. The zero-order valence-electron chi connectivity index (χ0n) is 11.3. The van der Waals surface area contributed by atoms with E-state index in [-0.39, 0.29) is 0 Å². The second kappa shape index (κ2) is 5.39. The van der Waals surface area contributed by atoms with Gasteiger partial charge >= 0.3 is 0 Å². The topological polar surface area (TPSA) is 46.0 Å². The van der Waals surface area contributed by atoms with Gasteiger partial charge in [0.1, 0.15) is 6.10 Å². The minimum Gasteiger partial charge on any atom is -0.382 e. The summed E-state index contributed by atoms with van der Waals surface area (Å²) < 4.78 is 0. The molecule has 3 heteroatoms. The van der Waals surface area contributed by atoms with Crippen molar-refractivity contribution in [3.8, 4) is 0 Å². The fourth-order valence-corrected chi connectivity index (χ4v) is 2.51. The standard InChI is InChI=1S/C17H16N2O/c1-2-12-6-4-11-19-16(12)17(20)14-7-3-9-15-13(14)8-5-10-18-15/h3-11,17,20H,2H2,1H3. The van der Waals surface area contributed by atoms with Crippen LogP contribution in [-0.4, -0.2) is 15.1 Å². The van der Waals surface area contributed by atoms with Gasteiger partial charge in [0.25, 0.3) is 0 Å². The number of pyridine rings is 2. The van der Waals surface area contributed by atoms with Crippen molar-refractivity contribution in [2.45, 2.75) is 19.4 Å². The molecule has 0 spiro atoms. The molecule has 0 radical (unpaired) electrons. The van der Waals surface area contributed by atoms with Gasteiger partial charge in [-0.15, -0.1) is 0 Å². The van der Waals surface area contributed by atoms with Gasteiger partial charge in [-0.2, -0.15) is 0 Å². The van der Waals surface area contributed by atoms with Crippen LogP contribution < -0.4 is 0 Å². The van der Waals surface area contributed by atoms with Crippen molar-refractivity contribution in [1.29, 1.82) is 0 Å². The normalized spacial score (nSPS) is 12.5. The van der Waals surface area contributed by atoms with Gasteiger partial charge in [0, 0.05) is 17.8 Å². The molecular weight excluding hydrogens is 248 g/mol. The number of aryl methyl sites for hydroxylation is 1. The van der Waals surface area contributed by atoms with Gasteiger partial charge in [0.15, 0.2) is 0 Å². The molecule has 0 aliphatic rings. The van der Waals surface area contributed by atoms with Gasteiger partial charge < -0.3 is 5.11 Å². The van der Waals surface area contributed by atoms with E-state index in [4.69, 9.17) is 0 Å². The number of aliphatic hydroxyl groups excluding tert-OH is 1. The van der Waals surface area contributed by atoms with Crippen molar-refractivity contribution in [2.24, 2.45) is 0 Å². The molecule has 0 fully saturated rings. The van der Waals surface area contributed by atoms with Crippen LogP contribution in [0.15, 0.2) is 54.9 Å². The van der Waals surface area contributed by atoms with E-state index in [2.05, 4.69) is 16.9 Å². The van der Waals surface area contributed by atoms with Crippen LogP contribution in [0.4, 0.5) is 0 Å². The summed E-state index contributed by atoms with van der Waals surface area (Å²) in [5, 5.41) is 11.7. The van der Waals surface area contributed by atoms with Crippen LogP contribution in [0.1, 0.15) is 29.8 Å². The minimum atomic E-state index is -0.723. The number of benzene rings is 1. The lowest BCUT2D eigenvalue weighted by Crippen LogP contribution is -2.06. The Morgan fingerprint density at radius 3 is 2.65 bits per heavy atom. The molecule has 0 bridgehead atoms. The van der Waals surface area contributed by atoms with Crippen molar-refractivity contribution >= 4 is 10.9 Å². The molecule has 2 aromatic heterocycles. The van der Waals surface area contributed by atoms with Crippen molar-refractivity contribution in [2.75, 3.05) is 0 Å². The van der Waals surface area contributed by atoms with Gasteiger partial charge in [-0.05, 0) is 35.7 Å². The number of nitrogens with zero attached hydrogens (tertiary/aromatic N) is 2. The molecule has 3 nitrogen and oxygen atoms in total. The van der Waals surface area contributed by atoms with E-state index in [0.717, 1.165) is 34.1 Å². The van der Waals surface area contributed by atoms with Gasteiger partial charge in [-0.3, -0.25) is 9.97 Å². The first-order chi connectivity index (χ1) is 9.81. The summed E-state index contributed by atoms with van der Waals surface area (Å²) in [6.07, 6.45) is 3.61. The van der Waals surface area contributed by atoms with E-state index in [0.29, 0.717) is 0 Å². The fraction of sp³-hybridized carbons (Fsp3) is 0.176. The molecule has 1 atom stereocenters. The molecule has 100 valence electrons. The Hall–Kier alpha value is -2.26. The summed E-state index contributed by atoms with van der Waals surface area (Å²) >= 11 is 0. The van der Waals surface area contributed by atoms with Crippen LogP contribution in [0, 0.1) is 0 Å². The summed E-state index contributed by atoms with van der Waals surface area (Å²) in [5.41, 5.74) is 3.54. The highest BCUT2D eigenvalue weighted by molar-refractivity contribution is 5.82. The molecular formula is C17H16N2O. The first kappa shape index (κ1) is 12.8. The predicted molar refractivity (Wildman–Crippen MR) is 79.4 cm³/mol. The third-order valence-electron chi connectivity index (χ3n) is 3.54. The Morgan fingerprint density at radius 1 is 1.00 bits per heavy atom. The summed E-state index contributed by atoms with van der Waals surface area (Å²) in [5.74, 6) is 0. The highest BCUT2D eigenvalue weighted by Gasteiger charge is 2.17. The number of aliphatic hydroxyl groups is 1. The lowest BCUT2D eigenvalue weighted by atomic mass is 9.97. The summed E-state index contributed by atoms with van der Waals surface area (Å²) in [7, 11) is 0. The largest absolute Gasteiger partial charge is 0.382 e. The summed E-state index contributed by atoms with van der Waals surface area (Å²) in [6, 6.07) is 13.6. The summed E-state index contributed by atoms with van der Waals surface area (Å²) in [6.45, 7) is 2.07. The first-order valence-corrected chi connectivity index (χ1v) is 6.76. The Balaban J connectivity index is 2.15. The van der Waals surface area contributed by atoms with Crippen LogP contribution in [0.2, 0.25) is 0 Å². The van der Waals surface area contributed by atoms with E-state index in [1.165, 1.54) is 0 Å². The number of fused-ring (bicyclic) bond motifs is 1. The molecule has 1 N–H and O–H groups in total. The van der Waals surface area contributed by atoms with E-state index in [1.54, 1.807) is 12.4 Å². The third-order valence-corrected chi connectivity index (χ3v) is 3.54. The zero-order chi connectivity index (χ0) is 13.9. The zero-order valence-corrected chi connectivity index (χ0v) is 11.3. The van der Waals surface area contributed by atoms with Gasteiger partial charge in [-0.1, -0.05) is 31.2 Å². The number of hydrogen-bond acceptors (Lipinski definition) is 3. The van der Waals surface area contributed by atoms with Gasteiger partial charge in [0.2, 0.25) is 0 Å². The van der Waals surface area contributed by atoms with E-state index < -0.39 is 6.10 Å². The third kappa shape index (κ3) is 2.17. The average molecular weight is 264 g/mol. The molecule has 0 saturated carbocycles. The van der Waals surface area contributed by atoms with Crippen LogP contribution in [0.3, 0.4) is 0 Å². The van der Waals surface area contributed by atoms with Gasteiger partial charge in [-0.25, -0.2) is 0 Å². The number of hydrogen-bond donors (Lipinski definition) is 1. The van der Waals surface area contributed by atoms with Crippen molar-refractivity contribution in [1.82, 2.24) is 9.97 Å². The Morgan fingerprint density at radius 2 is 1.80 bits per heavy atom. The van der Waals surface area contributed by atoms with Crippen molar-refractivity contribution in [3.63, 3.8) is 0 Å². The second-order valence-electron chi connectivity index (χ2n) is 4.72. The molecule has 1 aromatic carbocycles. The predicted octanol–water partition coefficient (Wildman–Crippen LogP) is 3.27. The maximum absolute atomic E-state index is 10.7. The van der Waals surface area contributed by atoms with Gasteiger partial charge in [0.05, 0.1) is 11.2 Å². The highest BCUT2D eigenvalue weighted by atomic mass is 16.3. The number of rotatable bonds is 3. The van der Waals surface area contributed by atoms with Crippen LogP contribution in [0.25, 0.3) is 10.9 Å². The maximum atomic E-state index is 10.7. The highest BCUT2D eigenvalue weighted by Crippen LogP contribution is 2.28. The Labute approximate surface area is 117 Å². The van der Waals surface area contributed by atoms with Crippen molar-refractivity contribution in [3.05, 3.63) is 71.7 Å². The molecule has 0 amide bonds. The van der Waals surface area contributed by atoms with E-state index in [1.807, 2.05) is 42.5 Å². The lowest BCUT2D eigenvalue weighted by Gasteiger charge is -2.15. The Bertz CT molecular complexity index is 734. The molecule has 3 aromatic rings. The summed E-state index contributed by atoms with van der Waals surface area (Å²) in [4.78, 5) is 8.69. The SMILES string of the molecule is CCc1cccnc1C(O)c1cccc2ncccc12. The van der Waals surface area contributed by atoms with Crippen LogP contribution in [-0.2, 0) is 6.42 Å². The molecule has 0 aliphatic carbocycles. The smallest absolute Gasteiger partial charge is 0.122 e. The molecule has 0 aliphatic heterocycles. The average Bonchev–Trinajstić information content (AvgIpc) is 2.53. The Kier molecular flexibility index (Phi) is 3.44. The fourth-order valence-electron chi connectivity index (χ4n) is 2.51. The molecule has 20 heavy (non-hydrogen) atoms. The minimum absolute atomic E-state index is 0.723. The van der Waals surface area contributed by atoms with Crippen molar-refractivity contribution < 1.29 is 5.11 Å².